The molecule has 0 aliphatic carbocycles. The number of carbonyl (C=O) groups excluding carboxylic acids is 1. The number of amides is 1. The smallest absolute Gasteiger partial charge is 0.251 e. The van der Waals surface area contributed by atoms with Gasteiger partial charge in [0.2, 0.25) is 0 Å². The lowest BCUT2D eigenvalue weighted by Gasteiger charge is -2.05. The van der Waals surface area contributed by atoms with Crippen molar-refractivity contribution in [3.8, 4) is 11.4 Å². The first-order valence-electron chi connectivity index (χ1n) is 10.5. The van der Waals surface area contributed by atoms with E-state index >= 15 is 0 Å². The molecule has 3 N–H and O–H groups in total. The number of fused-ring (bicyclic) bond motifs is 1. The first kappa shape index (κ1) is 20.7. The van der Waals surface area contributed by atoms with Crippen molar-refractivity contribution >= 4 is 38.3 Å². The number of carbonyl (C=O) groups is 1. The molecule has 0 bridgehead atoms. The molecule has 3 aromatic carbocycles. The molecule has 0 atom stereocenters. The lowest BCUT2D eigenvalue weighted by molar-refractivity contribution is 0.0954. The maximum absolute atomic E-state index is 12.6. The van der Waals surface area contributed by atoms with Gasteiger partial charge in [0, 0.05) is 35.9 Å². The number of phenolic OH excluding ortho intramolecular Hbond substituents is 1. The van der Waals surface area contributed by atoms with E-state index in [1.54, 1.807) is 30.7 Å². The van der Waals surface area contributed by atoms with Crippen LogP contribution in [0.4, 0.5) is 10.8 Å². The second kappa shape index (κ2) is 9.13. The number of nitrogens with one attached hydrogen (secondary N) is 2. The van der Waals surface area contributed by atoms with Gasteiger partial charge in [-0.25, -0.2) is 9.97 Å². The SMILES string of the molecule is O=C(NCCc1ccc(O)cc1)c1ccc2nc(Nc3ccc(-n4ccnc4)cc3)sc2c1. The highest BCUT2D eigenvalue weighted by Crippen LogP contribution is 2.29. The number of aromatic nitrogens is 3. The van der Waals surface area contributed by atoms with Gasteiger partial charge >= 0.3 is 0 Å². The van der Waals surface area contributed by atoms with Gasteiger partial charge in [0.15, 0.2) is 5.13 Å². The molecule has 2 aromatic heterocycles. The first-order chi connectivity index (χ1) is 16.1. The summed E-state index contributed by atoms with van der Waals surface area (Å²) in [6, 6.07) is 20.5. The number of aromatic hydroxyl groups is 1. The highest BCUT2D eigenvalue weighted by atomic mass is 32.1. The minimum absolute atomic E-state index is 0.117. The lowest BCUT2D eigenvalue weighted by Crippen LogP contribution is -2.25. The molecule has 2 heterocycles. The minimum Gasteiger partial charge on any atom is -0.508 e. The minimum atomic E-state index is -0.117. The van der Waals surface area contributed by atoms with Gasteiger partial charge in [-0.05, 0) is 66.6 Å². The van der Waals surface area contributed by atoms with E-state index in [0.717, 1.165) is 32.3 Å². The first-order valence-corrected chi connectivity index (χ1v) is 11.3. The molecule has 5 rings (SSSR count). The Kier molecular flexibility index (Phi) is 5.73. The van der Waals surface area contributed by atoms with E-state index in [4.69, 9.17) is 0 Å². The van der Waals surface area contributed by atoms with Crippen LogP contribution >= 0.6 is 11.3 Å². The van der Waals surface area contributed by atoms with Crippen LogP contribution in [0.1, 0.15) is 15.9 Å². The van der Waals surface area contributed by atoms with Gasteiger partial charge in [0.1, 0.15) is 5.75 Å². The number of benzene rings is 3. The fraction of sp³-hybridized carbons (Fsp3) is 0.0800. The summed E-state index contributed by atoms with van der Waals surface area (Å²) in [6.07, 6.45) is 6.11. The molecule has 8 heteroatoms. The van der Waals surface area contributed by atoms with Crippen LogP contribution in [-0.4, -0.2) is 32.1 Å². The topological polar surface area (TPSA) is 92.1 Å². The van der Waals surface area contributed by atoms with Crippen LogP contribution in [-0.2, 0) is 6.42 Å². The predicted octanol–water partition coefficient (Wildman–Crippen LogP) is 4.90. The van der Waals surface area contributed by atoms with Gasteiger partial charge in [0.05, 0.1) is 16.5 Å². The van der Waals surface area contributed by atoms with Crippen molar-refractivity contribution in [2.45, 2.75) is 6.42 Å². The zero-order valence-corrected chi connectivity index (χ0v) is 18.4. The summed E-state index contributed by atoms with van der Waals surface area (Å²) < 4.78 is 2.89. The van der Waals surface area contributed by atoms with Crippen molar-refractivity contribution in [3.05, 3.63) is 96.6 Å². The Morgan fingerprint density at radius 3 is 2.61 bits per heavy atom. The fourth-order valence-electron chi connectivity index (χ4n) is 3.46. The summed E-state index contributed by atoms with van der Waals surface area (Å²) >= 11 is 1.51. The van der Waals surface area contributed by atoms with E-state index in [0.29, 0.717) is 18.5 Å². The zero-order chi connectivity index (χ0) is 22.6. The third-order valence-electron chi connectivity index (χ3n) is 5.21. The Balaban J connectivity index is 1.22. The van der Waals surface area contributed by atoms with Crippen molar-refractivity contribution in [1.29, 1.82) is 0 Å². The van der Waals surface area contributed by atoms with Gasteiger partial charge in [-0.3, -0.25) is 4.79 Å². The number of imidazole rings is 1. The van der Waals surface area contributed by atoms with Gasteiger partial charge in [0.25, 0.3) is 5.91 Å². The van der Waals surface area contributed by atoms with Crippen LogP contribution in [0.3, 0.4) is 0 Å². The number of thiazole rings is 1. The average Bonchev–Trinajstić information content (AvgIpc) is 3.50. The number of anilines is 2. The van der Waals surface area contributed by atoms with Crippen molar-refractivity contribution in [2.24, 2.45) is 0 Å². The van der Waals surface area contributed by atoms with E-state index in [9.17, 15) is 9.90 Å². The molecule has 0 fully saturated rings. The van der Waals surface area contributed by atoms with Crippen molar-refractivity contribution in [3.63, 3.8) is 0 Å². The summed E-state index contributed by atoms with van der Waals surface area (Å²) in [4.78, 5) is 21.3. The van der Waals surface area contributed by atoms with Crippen LogP contribution in [0.2, 0.25) is 0 Å². The molecule has 0 radical (unpaired) electrons. The summed E-state index contributed by atoms with van der Waals surface area (Å²) in [5.74, 6) is 0.120. The van der Waals surface area contributed by atoms with Gasteiger partial charge in [-0.1, -0.05) is 23.5 Å². The Morgan fingerprint density at radius 1 is 1.03 bits per heavy atom. The maximum Gasteiger partial charge on any atom is 0.251 e. The number of nitrogens with zero attached hydrogens (tertiary/aromatic N) is 3. The molecular weight excluding hydrogens is 434 g/mol. The second-order valence-corrected chi connectivity index (χ2v) is 8.55. The van der Waals surface area contributed by atoms with Gasteiger partial charge < -0.3 is 20.3 Å². The van der Waals surface area contributed by atoms with Crippen LogP contribution in [0, 0.1) is 0 Å². The van der Waals surface area contributed by atoms with E-state index < -0.39 is 0 Å². The Morgan fingerprint density at radius 2 is 1.85 bits per heavy atom. The van der Waals surface area contributed by atoms with Crippen LogP contribution < -0.4 is 10.6 Å². The summed E-state index contributed by atoms with van der Waals surface area (Å²) in [5.41, 5.74) is 4.47. The molecular formula is C25H21N5O2S. The quantitative estimate of drug-likeness (QED) is 0.325. The van der Waals surface area contributed by atoms with Crippen molar-refractivity contribution < 1.29 is 9.90 Å². The van der Waals surface area contributed by atoms with E-state index in [1.165, 1.54) is 11.3 Å². The van der Waals surface area contributed by atoms with E-state index in [1.807, 2.05) is 59.3 Å². The summed E-state index contributed by atoms with van der Waals surface area (Å²) in [5, 5.41) is 16.4. The Bertz CT molecular complexity index is 1380. The third kappa shape index (κ3) is 4.86. The molecule has 0 saturated carbocycles. The normalized spacial score (nSPS) is 10.9. The molecule has 7 nitrogen and oxygen atoms in total. The predicted molar refractivity (Wildman–Crippen MR) is 131 cm³/mol. The summed E-state index contributed by atoms with van der Waals surface area (Å²) in [7, 11) is 0. The molecule has 0 unspecified atom stereocenters. The standard InChI is InChI=1S/C25H21N5O2S/c31-21-8-1-17(2-9-21)11-12-27-24(32)18-3-10-22-23(15-18)33-25(29-22)28-19-4-6-20(7-5-19)30-14-13-26-16-30/h1-10,13-16,31H,11-12H2,(H,27,32)(H,28,29). The zero-order valence-electron chi connectivity index (χ0n) is 17.6. The monoisotopic (exact) mass is 455 g/mol. The van der Waals surface area contributed by atoms with Crippen LogP contribution in [0.25, 0.3) is 15.9 Å². The average molecular weight is 456 g/mol. The Labute approximate surface area is 194 Å². The van der Waals surface area contributed by atoms with Gasteiger partial charge in [-0.15, -0.1) is 0 Å². The molecule has 0 saturated heterocycles. The summed E-state index contributed by atoms with van der Waals surface area (Å²) in [6.45, 7) is 0.520. The van der Waals surface area contributed by atoms with Gasteiger partial charge in [-0.2, -0.15) is 0 Å². The fourth-order valence-corrected chi connectivity index (χ4v) is 4.38. The molecule has 33 heavy (non-hydrogen) atoms. The highest BCUT2D eigenvalue weighted by molar-refractivity contribution is 7.22. The number of hydrogen-bond acceptors (Lipinski definition) is 6. The number of phenols is 1. The molecule has 0 spiro atoms. The maximum atomic E-state index is 12.6. The molecule has 5 aromatic rings. The molecule has 0 aliphatic heterocycles. The highest BCUT2D eigenvalue weighted by Gasteiger charge is 2.10. The van der Waals surface area contributed by atoms with Crippen LogP contribution in [0.15, 0.2) is 85.5 Å². The molecule has 0 aliphatic rings. The van der Waals surface area contributed by atoms with E-state index in [-0.39, 0.29) is 11.7 Å². The van der Waals surface area contributed by atoms with Crippen molar-refractivity contribution in [2.75, 3.05) is 11.9 Å². The molecule has 1 amide bonds. The second-order valence-electron chi connectivity index (χ2n) is 7.52. The number of rotatable bonds is 7. The van der Waals surface area contributed by atoms with Crippen LogP contribution in [0.5, 0.6) is 5.75 Å². The largest absolute Gasteiger partial charge is 0.508 e. The van der Waals surface area contributed by atoms with E-state index in [2.05, 4.69) is 20.6 Å². The molecule has 164 valence electrons. The number of hydrogen-bond donors (Lipinski definition) is 3. The Hall–Kier alpha value is -4.17. The third-order valence-corrected chi connectivity index (χ3v) is 6.14. The van der Waals surface area contributed by atoms with Crippen molar-refractivity contribution in [1.82, 2.24) is 19.9 Å². The lowest BCUT2D eigenvalue weighted by atomic mass is 10.1.